The van der Waals surface area contributed by atoms with E-state index >= 15 is 0 Å². The van der Waals surface area contributed by atoms with Crippen molar-refractivity contribution < 1.29 is 4.79 Å². The molecule has 1 amide bonds. The number of hydrogen-bond acceptors (Lipinski definition) is 7. The number of anilines is 1. The first-order valence-corrected chi connectivity index (χ1v) is 7.25. The molecule has 0 atom stereocenters. The fourth-order valence-corrected chi connectivity index (χ4v) is 2.17. The average molecular weight is 333 g/mol. The van der Waals surface area contributed by atoms with Crippen LogP contribution in [0.15, 0.2) is 61.7 Å². The van der Waals surface area contributed by atoms with Crippen LogP contribution in [-0.4, -0.2) is 45.6 Å². The van der Waals surface area contributed by atoms with Crippen molar-refractivity contribution in [1.29, 1.82) is 0 Å². The Morgan fingerprint density at radius 1 is 1.12 bits per heavy atom. The quantitative estimate of drug-likeness (QED) is 0.589. The molecule has 0 saturated carbocycles. The molecular weight excluding hydrogens is 322 g/mol. The van der Waals surface area contributed by atoms with Crippen LogP contribution in [-0.2, 0) is 0 Å². The van der Waals surface area contributed by atoms with Gasteiger partial charge in [0.2, 0.25) is 5.95 Å². The van der Waals surface area contributed by atoms with Gasteiger partial charge < -0.3 is 5.32 Å². The number of imidazole rings is 1. The van der Waals surface area contributed by atoms with E-state index in [1.807, 2.05) is 0 Å². The highest BCUT2D eigenvalue weighted by atomic mass is 16.1. The highest BCUT2D eigenvalue weighted by molar-refractivity contribution is 6.04. The van der Waals surface area contributed by atoms with Gasteiger partial charge in [-0.05, 0) is 28.6 Å². The van der Waals surface area contributed by atoms with Crippen LogP contribution in [0.3, 0.4) is 0 Å². The van der Waals surface area contributed by atoms with Gasteiger partial charge in [-0.2, -0.15) is 0 Å². The van der Waals surface area contributed by atoms with Crippen LogP contribution < -0.4 is 5.32 Å². The molecule has 0 aliphatic rings. The van der Waals surface area contributed by atoms with Crippen molar-refractivity contribution in [3.63, 3.8) is 0 Å². The summed E-state index contributed by atoms with van der Waals surface area (Å²) in [4.78, 5) is 24.7. The molecule has 10 heteroatoms. The third-order valence-electron chi connectivity index (χ3n) is 3.35. The Morgan fingerprint density at radius 2 is 2.00 bits per heavy atom. The molecule has 0 aliphatic carbocycles. The Hall–Kier alpha value is -3.95. The highest BCUT2D eigenvalue weighted by Gasteiger charge is 2.09. The molecule has 0 unspecified atom stereocenters. The van der Waals surface area contributed by atoms with Gasteiger partial charge >= 0.3 is 0 Å². The third-order valence-corrected chi connectivity index (χ3v) is 3.35. The van der Waals surface area contributed by atoms with E-state index in [1.54, 1.807) is 47.6 Å². The minimum atomic E-state index is -0.283. The summed E-state index contributed by atoms with van der Waals surface area (Å²) in [7, 11) is 0. The lowest BCUT2D eigenvalue weighted by Gasteiger charge is -2.07. The van der Waals surface area contributed by atoms with E-state index in [0.29, 0.717) is 22.9 Å². The molecule has 1 N–H and O–H groups in total. The van der Waals surface area contributed by atoms with Crippen LogP contribution in [0.25, 0.3) is 11.6 Å². The summed E-state index contributed by atoms with van der Waals surface area (Å²) in [5, 5.41) is 13.7. The van der Waals surface area contributed by atoms with Gasteiger partial charge in [0, 0.05) is 18.0 Å². The number of benzene rings is 1. The summed E-state index contributed by atoms with van der Waals surface area (Å²) in [5.41, 5.74) is 1.64. The third kappa shape index (κ3) is 3.08. The fourth-order valence-electron chi connectivity index (χ4n) is 2.17. The lowest BCUT2D eigenvalue weighted by molar-refractivity contribution is 0.102. The van der Waals surface area contributed by atoms with Gasteiger partial charge in [0.1, 0.15) is 12.7 Å². The van der Waals surface area contributed by atoms with Gasteiger partial charge in [0.05, 0.1) is 23.8 Å². The van der Waals surface area contributed by atoms with E-state index < -0.39 is 0 Å². The minimum absolute atomic E-state index is 0.283. The summed E-state index contributed by atoms with van der Waals surface area (Å²) in [6.45, 7) is 0. The molecule has 3 aromatic heterocycles. The van der Waals surface area contributed by atoms with Gasteiger partial charge in [0.15, 0.2) is 0 Å². The summed E-state index contributed by atoms with van der Waals surface area (Å²) in [6, 6.07) is 6.94. The molecule has 1 aromatic carbocycles. The molecule has 0 bridgehead atoms. The van der Waals surface area contributed by atoms with E-state index in [1.165, 1.54) is 23.4 Å². The number of carbonyl (C=O) groups is 1. The standard InChI is InChI=1S/C15H11N9O/c25-14(11-2-1-3-13(6-11)24-10-19-21-22-24)20-12-7-17-15(18-8-12)23-5-4-16-9-23/h1-10H,(H,20,25). The zero-order valence-corrected chi connectivity index (χ0v) is 12.8. The van der Waals surface area contributed by atoms with E-state index in [2.05, 4.69) is 35.8 Å². The number of aromatic nitrogens is 8. The molecule has 0 spiro atoms. The minimum Gasteiger partial charge on any atom is -0.319 e. The molecule has 10 nitrogen and oxygen atoms in total. The first kappa shape index (κ1) is 14.6. The molecule has 4 aromatic rings. The summed E-state index contributed by atoms with van der Waals surface area (Å²) >= 11 is 0. The van der Waals surface area contributed by atoms with Crippen molar-refractivity contribution in [2.45, 2.75) is 0 Å². The zero-order chi connectivity index (χ0) is 17.1. The van der Waals surface area contributed by atoms with Gasteiger partial charge in [0.25, 0.3) is 5.91 Å². The number of tetrazole rings is 1. The Bertz CT molecular complexity index is 978. The largest absolute Gasteiger partial charge is 0.319 e. The molecule has 4 rings (SSSR count). The van der Waals surface area contributed by atoms with Crippen molar-refractivity contribution in [2.75, 3.05) is 5.32 Å². The molecule has 3 heterocycles. The molecule has 0 saturated heterocycles. The lowest BCUT2D eigenvalue weighted by Crippen LogP contribution is -2.13. The van der Waals surface area contributed by atoms with Crippen LogP contribution in [0.1, 0.15) is 10.4 Å². The maximum absolute atomic E-state index is 12.4. The van der Waals surface area contributed by atoms with Gasteiger partial charge in [-0.1, -0.05) is 6.07 Å². The highest BCUT2D eigenvalue weighted by Crippen LogP contribution is 2.12. The number of hydrogen-bond donors (Lipinski definition) is 1. The second-order valence-electron chi connectivity index (χ2n) is 5.00. The smallest absolute Gasteiger partial charge is 0.255 e. The summed E-state index contributed by atoms with van der Waals surface area (Å²) in [6.07, 6.45) is 9.49. The monoisotopic (exact) mass is 333 g/mol. The molecule has 25 heavy (non-hydrogen) atoms. The van der Waals surface area contributed by atoms with Crippen LogP contribution in [0.5, 0.6) is 0 Å². The van der Waals surface area contributed by atoms with Crippen LogP contribution in [0.2, 0.25) is 0 Å². The topological polar surface area (TPSA) is 116 Å². The molecule has 0 aliphatic heterocycles. The van der Waals surface area contributed by atoms with E-state index in [0.717, 1.165) is 0 Å². The van der Waals surface area contributed by atoms with E-state index in [4.69, 9.17) is 0 Å². The van der Waals surface area contributed by atoms with Crippen molar-refractivity contribution in [2.24, 2.45) is 0 Å². The van der Waals surface area contributed by atoms with Crippen molar-refractivity contribution in [3.8, 4) is 11.6 Å². The first-order valence-electron chi connectivity index (χ1n) is 7.25. The second-order valence-corrected chi connectivity index (χ2v) is 5.00. The van der Waals surface area contributed by atoms with Crippen molar-refractivity contribution in [3.05, 3.63) is 67.3 Å². The van der Waals surface area contributed by atoms with Crippen molar-refractivity contribution >= 4 is 11.6 Å². The molecule has 0 radical (unpaired) electrons. The van der Waals surface area contributed by atoms with Gasteiger partial charge in [-0.15, -0.1) is 5.10 Å². The van der Waals surface area contributed by atoms with Gasteiger partial charge in [-0.25, -0.2) is 19.6 Å². The second kappa shape index (κ2) is 6.28. The Kier molecular flexibility index (Phi) is 3.67. The average Bonchev–Trinajstić information content (AvgIpc) is 3.36. The van der Waals surface area contributed by atoms with Crippen molar-refractivity contribution in [1.82, 2.24) is 39.7 Å². The maximum atomic E-state index is 12.4. The summed E-state index contributed by atoms with van der Waals surface area (Å²) < 4.78 is 3.14. The Labute approximate surface area is 141 Å². The fraction of sp³-hybridized carbons (Fsp3) is 0. The van der Waals surface area contributed by atoms with Crippen LogP contribution in [0.4, 0.5) is 5.69 Å². The number of carbonyl (C=O) groups excluding carboxylic acids is 1. The van der Waals surface area contributed by atoms with E-state index in [9.17, 15) is 4.79 Å². The predicted molar refractivity (Wildman–Crippen MR) is 86.3 cm³/mol. The molecule has 0 fully saturated rings. The number of rotatable bonds is 4. The number of amides is 1. The lowest BCUT2D eigenvalue weighted by atomic mass is 10.2. The molecule has 122 valence electrons. The molecular formula is C15H11N9O. The Balaban J connectivity index is 1.51. The first-order chi connectivity index (χ1) is 12.3. The predicted octanol–water partition coefficient (Wildman–Crippen LogP) is 0.890. The van der Waals surface area contributed by atoms with Gasteiger partial charge in [-0.3, -0.25) is 9.36 Å². The van der Waals surface area contributed by atoms with Crippen LogP contribution >= 0.6 is 0 Å². The maximum Gasteiger partial charge on any atom is 0.255 e. The number of nitrogens with zero attached hydrogens (tertiary/aromatic N) is 8. The zero-order valence-electron chi connectivity index (χ0n) is 12.8. The summed E-state index contributed by atoms with van der Waals surface area (Å²) in [5.74, 6) is 0.185. The Morgan fingerprint density at radius 3 is 2.72 bits per heavy atom. The van der Waals surface area contributed by atoms with E-state index in [-0.39, 0.29) is 5.91 Å². The SMILES string of the molecule is O=C(Nc1cnc(-n2ccnc2)nc1)c1cccc(-n2cnnn2)c1. The van der Waals surface area contributed by atoms with Crippen LogP contribution in [0, 0.1) is 0 Å². The normalized spacial score (nSPS) is 10.6. The number of nitrogens with one attached hydrogen (secondary N) is 1.